The molecule has 0 fully saturated rings. The van der Waals surface area contributed by atoms with Gasteiger partial charge in [-0.15, -0.1) is 0 Å². The molecule has 0 aliphatic rings. The lowest BCUT2D eigenvalue weighted by molar-refractivity contribution is 0.626. The van der Waals surface area contributed by atoms with E-state index in [0.29, 0.717) is 6.54 Å². The maximum atomic E-state index is 13.0. The van der Waals surface area contributed by atoms with Crippen LogP contribution in [0.3, 0.4) is 0 Å². The molecule has 2 aromatic rings. The summed E-state index contributed by atoms with van der Waals surface area (Å²) in [4.78, 5) is 0. The molecule has 17 heavy (non-hydrogen) atoms. The summed E-state index contributed by atoms with van der Waals surface area (Å²) in [5.74, 6) is -0.199. The fourth-order valence-corrected chi connectivity index (χ4v) is 1.99. The molecule has 0 aromatic heterocycles. The molecule has 2 rings (SSSR count). The van der Waals surface area contributed by atoms with Crippen LogP contribution in [0.4, 0.5) is 10.1 Å². The van der Waals surface area contributed by atoms with Gasteiger partial charge in [0, 0.05) is 16.7 Å². The van der Waals surface area contributed by atoms with Crippen LogP contribution < -0.4 is 5.32 Å². The minimum absolute atomic E-state index is 0.199. The van der Waals surface area contributed by atoms with E-state index in [1.165, 1.54) is 11.6 Å². The average molecular weight is 294 g/mol. The van der Waals surface area contributed by atoms with Crippen LogP contribution >= 0.6 is 15.9 Å². The normalized spacial score (nSPS) is 10.3. The van der Waals surface area contributed by atoms with Crippen LogP contribution in [-0.2, 0) is 6.54 Å². The third-order valence-corrected chi connectivity index (χ3v) is 3.06. The van der Waals surface area contributed by atoms with Crippen LogP contribution in [0.25, 0.3) is 0 Å². The van der Waals surface area contributed by atoms with E-state index in [-0.39, 0.29) is 5.82 Å². The van der Waals surface area contributed by atoms with Crippen molar-refractivity contribution in [3.8, 4) is 0 Å². The molecule has 0 aliphatic carbocycles. The van der Waals surface area contributed by atoms with E-state index in [1.807, 2.05) is 31.2 Å². The van der Waals surface area contributed by atoms with Crippen LogP contribution in [0.1, 0.15) is 11.1 Å². The van der Waals surface area contributed by atoms with Gasteiger partial charge in [0.1, 0.15) is 5.82 Å². The molecule has 1 N–H and O–H groups in total. The van der Waals surface area contributed by atoms with Gasteiger partial charge >= 0.3 is 0 Å². The van der Waals surface area contributed by atoms with E-state index in [9.17, 15) is 4.39 Å². The van der Waals surface area contributed by atoms with Crippen molar-refractivity contribution in [2.75, 3.05) is 5.32 Å². The Balaban J connectivity index is 2.09. The van der Waals surface area contributed by atoms with Gasteiger partial charge in [-0.05, 0) is 42.3 Å². The molecule has 0 heterocycles. The first-order chi connectivity index (χ1) is 8.15. The van der Waals surface area contributed by atoms with E-state index in [4.69, 9.17) is 0 Å². The van der Waals surface area contributed by atoms with E-state index in [1.54, 1.807) is 12.1 Å². The molecular weight excluding hydrogens is 281 g/mol. The Labute approximate surface area is 109 Å². The van der Waals surface area contributed by atoms with Crippen molar-refractivity contribution in [1.82, 2.24) is 0 Å². The van der Waals surface area contributed by atoms with E-state index < -0.39 is 0 Å². The summed E-state index contributed by atoms with van der Waals surface area (Å²) in [5, 5.41) is 3.30. The van der Waals surface area contributed by atoms with Gasteiger partial charge in [0.2, 0.25) is 0 Å². The molecule has 0 aliphatic heterocycles. The maximum Gasteiger partial charge on any atom is 0.123 e. The zero-order chi connectivity index (χ0) is 12.3. The summed E-state index contributed by atoms with van der Waals surface area (Å²) in [6, 6.07) is 12.7. The summed E-state index contributed by atoms with van der Waals surface area (Å²) in [6.45, 7) is 2.66. The number of hydrogen-bond donors (Lipinski definition) is 1. The summed E-state index contributed by atoms with van der Waals surface area (Å²) < 4.78 is 14.0. The monoisotopic (exact) mass is 293 g/mol. The van der Waals surface area contributed by atoms with E-state index >= 15 is 0 Å². The van der Waals surface area contributed by atoms with Gasteiger partial charge in [-0.1, -0.05) is 34.1 Å². The van der Waals surface area contributed by atoms with E-state index in [2.05, 4.69) is 21.2 Å². The number of hydrogen-bond acceptors (Lipinski definition) is 1. The van der Waals surface area contributed by atoms with Gasteiger partial charge in [0.05, 0.1) is 0 Å². The molecule has 0 amide bonds. The van der Waals surface area contributed by atoms with Crippen molar-refractivity contribution >= 4 is 21.6 Å². The Kier molecular flexibility index (Phi) is 3.79. The van der Waals surface area contributed by atoms with Crippen molar-refractivity contribution < 1.29 is 4.39 Å². The predicted molar refractivity (Wildman–Crippen MR) is 72.6 cm³/mol. The Morgan fingerprint density at radius 1 is 1.18 bits per heavy atom. The lowest BCUT2D eigenvalue weighted by atomic mass is 10.2. The SMILES string of the molecule is Cc1ccc(Br)cc1NCc1cccc(F)c1. The van der Waals surface area contributed by atoms with Crippen molar-refractivity contribution in [1.29, 1.82) is 0 Å². The summed E-state index contributed by atoms with van der Waals surface area (Å²) >= 11 is 3.43. The molecule has 2 aromatic carbocycles. The van der Waals surface area contributed by atoms with Crippen molar-refractivity contribution in [2.24, 2.45) is 0 Å². The highest BCUT2D eigenvalue weighted by molar-refractivity contribution is 9.10. The lowest BCUT2D eigenvalue weighted by Crippen LogP contribution is -2.01. The summed E-state index contributed by atoms with van der Waals surface area (Å²) in [6.07, 6.45) is 0. The smallest absolute Gasteiger partial charge is 0.123 e. The predicted octanol–water partition coefficient (Wildman–Crippen LogP) is 4.51. The molecule has 0 unspecified atom stereocenters. The molecule has 0 saturated heterocycles. The van der Waals surface area contributed by atoms with Crippen LogP contribution in [-0.4, -0.2) is 0 Å². The number of rotatable bonds is 3. The van der Waals surface area contributed by atoms with Gasteiger partial charge in [-0.25, -0.2) is 4.39 Å². The third-order valence-electron chi connectivity index (χ3n) is 2.57. The zero-order valence-corrected chi connectivity index (χ0v) is 11.1. The number of aryl methyl sites for hydroxylation is 1. The second-order valence-corrected chi connectivity index (χ2v) is 4.86. The fraction of sp³-hybridized carbons (Fsp3) is 0.143. The van der Waals surface area contributed by atoms with Crippen LogP contribution in [0.2, 0.25) is 0 Å². The first-order valence-corrected chi connectivity index (χ1v) is 6.19. The van der Waals surface area contributed by atoms with Gasteiger partial charge in [0.25, 0.3) is 0 Å². The van der Waals surface area contributed by atoms with Crippen LogP contribution in [0.15, 0.2) is 46.9 Å². The number of nitrogens with one attached hydrogen (secondary N) is 1. The summed E-state index contributed by atoms with van der Waals surface area (Å²) in [5.41, 5.74) is 3.16. The average Bonchev–Trinajstić information content (AvgIpc) is 2.30. The molecule has 88 valence electrons. The number of halogens is 2. The highest BCUT2D eigenvalue weighted by Gasteiger charge is 2.00. The van der Waals surface area contributed by atoms with Crippen LogP contribution in [0, 0.1) is 12.7 Å². The second kappa shape index (κ2) is 5.32. The Morgan fingerprint density at radius 3 is 2.76 bits per heavy atom. The zero-order valence-electron chi connectivity index (χ0n) is 9.50. The summed E-state index contributed by atoms with van der Waals surface area (Å²) in [7, 11) is 0. The highest BCUT2D eigenvalue weighted by Crippen LogP contribution is 2.21. The van der Waals surface area contributed by atoms with Crippen molar-refractivity contribution in [3.05, 3.63) is 63.9 Å². The minimum Gasteiger partial charge on any atom is -0.381 e. The van der Waals surface area contributed by atoms with Gasteiger partial charge < -0.3 is 5.32 Å². The topological polar surface area (TPSA) is 12.0 Å². The first-order valence-electron chi connectivity index (χ1n) is 5.39. The largest absolute Gasteiger partial charge is 0.381 e. The quantitative estimate of drug-likeness (QED) is 0.878. The van der Waals surface area contributed by atoms with Crippen LogP contribution in [0.5, 0.6) is 0 Å². The molecule has 0 spiro atoms. The molecular formula is C14H13BrFN. The van der Waals surface area contributed by atoms with Gasteiger partial charge in [0.15, 0.2) is 0 Å². The lowest BCUT2D eigenvalue weighted by Gasteiger charge is -2.10. The highest BCUT2D eigenvalue weighted by atomic mass is 79.9. The van der Waals surface area contributed by atoms with Gasteiger partial charge in [-0.3, -0.25) is 0 Å². The Bertz CT molecular complexity index is 525. The molecule has 0 bridgehead atoms. The number of benzene rings is 2. The maximum absolute atomic E-state index is 13.0. The van der Waals surface area contributed by atoms with E-state index in [0.717, 1.165) is 15.7 Å². The fourth-order valence-electron chi connectivity index (χ4n) is 1.63. The Hall–Kier alpha value is -1.35. The minimum atomic E-state index is -0.199. The molecule has 0 atom stereocenters. The third kappa shape index (κ3) is 3.30. The standard InChI is InChI=1S/C14H13BrFN/c1-10-5-6-12(15)8-14(10)17-9-11-3-2-4-13(16)7-11/h2-8,17H,9H2,1H3. The molecule has 0 radical (unpaired) electrons. The first kappa shape index (κ1) is 12.1. The Morgan fingerprint density at radius 2 is 2.00 bits per heavy atom. The van der Waals surface area contributed by atoms with Crippen molar-refractivity contribution in [3.63, 3.8) is 0 Å². The molecule has 3 heteroatoms. The molecule has 1 nitrogen and oxygen atoms in total. The number of anilines is 1. The van der Waals surface area contributed by atoms with Gasteiger partial charge in [-0.2, -0.15) is 0 Å². The second-order valence-electron chi connectivity index (χ2n) is 3.94. The molecule has 0 saturated carbocycles. The van der Waals surface area contributed by atoms with Crippen molar-refractivity contribution in [2.45, 2.75) is 13.5 Å².